The van der Waals surface area contributed by atoms with Crippen molar-refractivity contribution in [2.75, 3.05) is 24.7 Å². The van der Waals surface area contributed by atoms with Gasteiger partial charge in [-0.05, 0) is 37.1 Å². The molecule has 0 spiro atoms. The molecule has 0 aliphatic carbocycles. The molecule has 0 saturated carbocycles. The first-order valence-corrected chi connectivity index (χ1v) is 9.49. The van der Waals surface area contributed by atoms with Crippen molar-refractivity contribution in [3.05, 3.63) is 59.7 Å². The van der Waals surface area contributed by atoms with Gasteiger partial charge in [0.25, 0.3) is 0 Å². The number of hydrogen-bond acceptors (Lipinski definition) is 6. The van der Waals surface area contributed by atoms with Crippen molar-refractivity contribution in [1.29, 1.82) is 0 Å². The number of hydrogen-bond donors (Lipinski definition) is 2. The van der Waals surface area contributed by atoms with Crippen LogP contribution in [0.4, 0.5) is 11.8 Å². The molecule has 0 unspecified atom stereocenters. The Balaban J connectivity index is 1.62. The van der Waals surface area contributed by atoms with Crippen LogP contribution in [-0.2, 0) is 13.5 Å². The van der Waals surface area contributed by atoms with Crippen molar-refractivity contribution in [2.24, 2.45) is 7.05 Å². The lowest BCUT2D eigenvalue weighted by molar-refractivity contribution is 0.414. The van der Waals surface area contributed by atoms with Crippen LogP contribution >= 0.6 is 0 Å². The molecule has 0 atom stereocenters. The van der Waals surface area contributed by atoms with Gasteiger partial charge in [-0.25, -0.2) is 4.98 Å². The number of benzene rings is 2. The van der Waals surface area contributed by atoms with Crippen LogP contribution in [0.5, 0.6) is 5.75 Å². The average Bonchev–Trinajstić information content (AvgIpc) is 3.01. The lowest BCUT2D eigenvalue weighted by Crippen LogP contribution is -2.09. The summed E-state index contributed by atoms with van der Waals surface area (Å²) in [4.78, 5) is 9.34. The van der Waals surface area contributed by atoms with Crippen molar-refractivity contribution in [3.63, 3.8) is 0 Å². The number of nitrogen functional groups attached to an aromatic ring is 1. The van der Waals surface area contributed by atoms with Gasteiger partial charge in [-0.3, -0.25) is 4.68 Å². The normalized spacial score (nSPS) is 11.0. The van der Waals surface area contributed by atoms with Gasteiger partial charge in [-0.15, -0.1) is 0 Å². The van der Waals surface area contributed by atoms with Gasteiger partial charge in [0.15, 0.2) is 5.65 Å². The monoisotopic (exact) mass is 388 g/mol. The van der Waals surface area contributed by atoms with E-state index in [-0.39, 0.29) is 0 Å². The third kappa shape index (κ3) is 3.85. The first-order chi connectivity index (χ1) is 14.0. The summed E-state index contributed by atoms with van der Waals surface area (Å²) in [6.07, 6.45) is 0.843. The predicted octanol–water partition coefficient (Wildman–Crippen LogP) is 3.58. The van der Waals surface area contributed by atoms with Gasteiger partial charge in [0, 0.05) is 19.2 Å². The summed E-state index contributed by atoms with van der Waals surface area (Å²) < 4.78 is 6.84. The number of aryl methyl sites for hydroxylation is 2. The fraction of sp³-hybridized carbons (Fsp3) is 0.227. The van der Waals surface area contributed by atoms with Crippen molar-refractivity contribution < 1.29 is 4.74 Å². The van der Waals surface area contributed by atoms with E-state index in [0.29, 0.717) is 24.0 Å². The Morgan fingerprint density at radius 1 is 1.10 bits per heavy atom. The molecule has 0 bridgehead atoms. The number of nitrogens with one attached hydrogen (secondary N) is 1. The summed E-state index contributed by atoms with van der Waals surface area (Å²) in [5.41, 5.74) is 11.0. The Bertz CT molecular complexity index is 1150. The van der Waals surface area contributed by atoms with Crippen LogP contribution in [0.3, 0.4) is 0 Å². The van der Waals surface area contributed by atoms with Gasteiger partial charge < -0.3 is 15.8 Å². The number of anilines is 2. The highest BCUT2D eigenvalue weighted by Crippen LogP contribution is 2.31. The van der Waals surface area contributed by atoms with Crippen LogP contribution in [0.25, 0.3) is 22.3 Å². The Hall–Kier alpha value is -3.61. The number of fused-ring (bicyclic) bond motifs is 1. The number of aromatic nitrogens is 4. The number of nitrogens with zero attached hydrogens (tertiary/aromatic N) is 4. The smallest absolute Gasteiger partial charge is 0.225 e. The van der Waals surface area contributed by atoms with E-state index < -0.39 is 0 Å². The van der Waals surface area contributed by atoms with Gasteiger partial charge in [-0.1, -0.05) is 35.9 Å². The van der Waals surface area contributed by atoms with E-state index in [9.17, 15) is 0 Å². The van der Waals surface area contributed by atoms with Gasteiger partial charge >= 0.3 is 0 Å². The minimum atomic E-state index is 0.542. The largest absolute Gasteiger partial charge is 0.497 e. The number of rotatable bonds is 6. The lowest BCUT2D eigenvalue weighted by atomic mass is 10.1. The molecule has 7 nitrogen and oxygen atoms in total. The van der Waals surface area contributed by atoms with Crippen LogP contribution in [-0.4, -0.2) is 33.4 Å². The van der Waals surface area contributed by atoms with E-state index in [0.717, 1.165) is 34.4 Å². The fourth-order valence-electron chi connectivity index (χ4n) is 3.31. The van der Waals surface area contributed by atoms with E-state index in [2.05, 4.69) is 46.6 Å². The molecule has 0 aliphatic rings. The summed E-state index contributed by atoms with van der Waals surface area (Å²) in [5, 5.41) is 8.55. The minimum absolute atomic E-state index is 0.542. The topological polar surface area (TPSA) is 90.9 Å². The second kappa shape index (κ2) is 7.79. The van der Waals surface area contributed by atoms with Gasteiger partial charge in [0.2, 0.25) is 5.95 Å². The highest BCUT2D eigenvalue weighted by atomic mass is 16.5. The van der Waals surface area contributed by atoms with E-state index in [1.165, 1.54) is 5.56 Å². The van der Waals surface area contributed by atoms with Crippen molar-refractivity contribution in [1.82, 2.24) is 19.7 Å². The quantitative estimate of drug-likeness (QED) is 0.525. The second-order valence-electron chi connectivity index (χ2n) is 7.00. The van der Waals surface area contributed by atoms with Crippen molar-refractivity contribution in [3.8, 4) is 17.0 Å². The predicted molar refractivity (Wildman–Crippen MR) is 116 cm³/mol. The third-order valence-corrected chi connectivity index (χ3v) is 4.89. The molecule has 4 aromatic rings. The number of nitrogens with two attached hydrogens (primary N) is 1. The first-order valence-electron chi connectivity index (χ1n) is 9.49. The summed E-state index contributed by atoms with van der Waals surface area (Å²) in [6, 6.07) is 16.2. The first kappa shape index (κ1) is 18.7. The lowest BCUT2D eigenvalue weighted by Gasteiger charge is -2.09. The van der Waals surface area contributed by atoms with Crippen LogP contribution in [0, 0.1) is 6.92 Å². The highest BCUT2D eigenvalue weighted by molar-refractivity contribution is 5.98. The molecule has 0 fully saturated rings. The number of ether oxygens (including phenoxy) is 1. The van der Waals surface area contributed by atoms with E-state index in [1.807, 2.05) is 31.3 Å². The molecule has 0 radical (unpaired) electrons. The summed E-state index contributed by atoms with van der Waals surface area (Å²) in [7, 11) is 3.48. The van der Waals surface area contributed by atoms with Crippen LogP contribution in [0.1, 0.15) is 11.1 Å². The van der Waals surface area contributed by atoms with Gasteiger partial charge in [0.1, 0.15) is 11.6 Å². The second-order valence-corrected chi connectivity index (χ2v) is 7.00. The fourth-order valence-corrected chi connectivity index (χ4v) is 3.31. The molecular formula is C22H24N6O. The molecule has 2 aromatic carbocycles. The van der Waals surface area contributed by atoms with Crippen molar-refractivity contribution in [2.45, 2.75) is 13.3 Å². The molecule has 2 aromatic heterocycles. The van der Waals surface area contributed by atoms with Gasteiger partial charge in [0.05, 0.1) is 18.2 Å². The molecule has 4 rings (SSSR count). The van der Waals surface area contributed by atoms with E-state index in [4.69, 9.17) is 15.5 Å². The van der Waals surface area contributed by atoms with E-state index in [1.54, 1.807) is 11.8 Å². The minimum Gasteiger partial charge on any atom is -0.497 e. The van der Waals surface area contributed by atoms with Crippen LogP contribution in [0.2, 0.25) is 0 Å². The zero-order valence-electron chi connectivity index (χ0n) is 16.8. The summed E-state index contributed by atoms with van der Waals surface area (Å²) in [5.74, 6) is 1.95. The molecule has 0 amide bonds. The highest BCUT2D eigenvalue weighted by Gasteiger charge is 2.17. The van der Waals surface area contributed by atoms with Crippen LogP contribution in [0.15, 0.2) is 48.5 Å². The molecule has 29 heavy (non-hydrogen) atoms. The molecule has 2 heterocycles. The zero-order chi connectivity index (χ0) is 20.4. The van der Waals surface area contributed by atoms with E-state index >= 15 is 0 Å². The maximum absolute atomic E-state index is 6.25. The third-order valence-electron chi connectivity index (χ3n) is 4.89. The zero-order valence-corrected chi connectivity index (χ0v) is 16.8. The Kier molecular flexibility index (Phi) is 5.03. The molecule has 3 N–H and O–H groups in total. The maximum atomic E-state index is 6.25. The molecule has 7 heteroatoms. The van der Waals surface area contributed by atoms with Crippen LogP contribution < -0.4 is 15.8 Å². The van der Waals surface area contributed by atoms with Gasteiger partial charge in [-0.2, -0.15) is 10.1 Å². The molecular weight excluding hydrogens is 364 g/mol. The Morgan fingerprint density at radius 2 is 1.90 bits per heavy atom. The molecule has 0 aliphatic heterocycles. The Labute approximate surface area is 169 Å². The van der Waals surface area contributed by atoms with Crippen molar-refractivity contribution >= 4 is 22.8 Å². The summed E-state index contributed by atoms with van der Waals surface area (Å²) in [6.45, 7) is 2.76. The standard InChI is InChI=1S/C22H24N6O/c1-14-5-4-6-16(13-14)19-18-20(23)28(2)27-21(18)26-22(25-19)24-12-11-15-7-9-17(29-3)10-8-15/h4-10,13H,11-12,23H2,1-3H3,(H,24,26,27). The maximum Gasteiger partial charge on any atom is 0.225 e. The SMILES string of the molecule is COc1ccc(CCNc2nc(-c3cccc(C)c3)c3c(N)n(C)nc3n2)cc1. The number of methoxy groups -OCH3 is 1. The summed E-state index contributed by atoms with van der Waals surface area (Å²) >= 11 is 0. The Morgan fingerprint density at radius 3 is 2.62 bits per heavy atom. The average molecular weight is 388 g/mol. The molecule has 148 valence electrons. The molecule has 0 saturated heterocycles.